The zero-order chi connectivity index (χ0) is 19.8. The quantitative estimate of drug-likeness (QED) is 0.724. The normalized spacial score (nSPS) is 28.3. The molecule has 0 saturated carbocycles. The minimum absolute atomic E-state index is 0.0644. The Morgan fingerprint density at radius 2 is 2.14 bits per heavy atom. The Kier molecular flexibility index (Phi) is 5.03. The molecule has 1 aromatic rings. The van der Waals surface area contributed by atoms with E-state index < -0.39 is 0 Å². The Hall–Kier alpha value is -2.51. The summed E-state index contributed by atoms with van der Waals surface area (Å²) in [6.07, 6.45) is 4.84. The first-order chi connectivity index (χ1) is 13.5. The van der Waals surface area contributed by atoms with Crippen molar-refractivity contribution in [3.63, 3.8) is 0 Å². The number of carbonyl (C=O) groups excluding carboxylic acids is 1. The van der Waals surface area contributed by atoms with Crippen LogP contribution in [0.4, 0.5) is 5.82 Å². The van der Waals surface area contributed by atoms with Gasteiger partial charge in [0.2, 0.25) is 5.84 Å². The number of nitrogens with zero attached hydrogens (tertiary/aromatic N) is 2. The number of rotatable bonds is 3. The third-order valence-corrected chi connectivity index (χ3v) is 6.10. The van der Waals surface area contributed by atoms with E-state index in [9.17, 15) is 4.79 Å². The van der Waals surface area contributed by atoms with Gasteiger partial charge in [0, 0.05) is 18.2 Å². The smallest absolute Gasteiger partial charge is 0.326 e. The van der Waals surface area contributed by atoms with Crippen LogP contribution >= 0.6 is 0 Å². The van der Waals surface area contributed by atoms with Gasteiger partial charge in [-0.3, -0.25) is 0 Å². The Bertz CT molecular complexity index is 879. The molecule has 1 amide bonds. The summed E-state index contributed by atoms with van der Waals surface area (Å²) in [7, 11) is 0. The molecule has 1 aromatic heterocycles. The second kappa shape index (κ2) is 7.48. The van der Waals surface area contributed by atoms with E-state index in [-0.39, 0.29) is 17.9 Å². The molecule has 4 heterocycles. The highest BCUT2D eigenvalue weighted by Crippen LogP contribution is 2.33. The molecule has 0 bridgehead atoms. The van der Waals surface area contributed by atoms with Crippen LogP contribution in [0.2, 0.25) is 0 Å². The van der Waals surface area contributed by atoms with Crippen molar-refractivity contribution in [2.24, 2.45) is 10.7 Å². The van der Waals surface area contributed by atoms with Crippen LogP contribution in [0.15, 0.2) is 45.9 Å². The van der Waals surface area contributed by atoms with E-state index in [2.05, 4.69) is 18.8 Å². The molecule has 148 valence electrons. The summed E-state index contributed by atoms with van der Waals surface area (Å²) in [5.41, 5.74) is 16.5. The zero-order valence-electron chi connectivity index (χ0n) is 16.5. The number of ether oxygens (including phenoxy) is 1. The number of amides is 1. The number of anilines is 1. The average molecular weight is 382 g/mol. The first-order valence-corrected chi connectivity index (χ1v) is 9.95. The van der Waals surface area contributed by atoms with Gasteiger partial charge in [0.25, 0.3) is 0 Å². The van der Waals surface area contributed by atoms with Gasteiger partial charge >= 0.3 is 5.91 Å². The van der Waals surface area contributed by atoms with Crippen LogP contribution in [0.25, 0.3) is 0 Å². The van der Waals surface area contributed by atoms with Crippen LogP contribution in [0.1, 0.15) is 51.0 Å². The lowest BCUT2D eigenvalue weighted by molar-refractivity contribution is -0.753. The highest BCUT2D eigenvalue weighted by atomic mass is 16.5. The minimum atomic E-state index is -0.267. The van der Waals surface area contributed by atoms with E-state index in [1.165, 1.54) is 5.57 Å². The number of pyridine rings is 1. The monoisotopic (exact) mass is 382 g/mol. The number of amidine groups is 1. The molecule has 2 fully saturated rings. The summed E-state index contributed by atoms with van der Waals surface area (Å²) >= 11 is 0. The summed E-state index contributed by atoms with van der Waals surface area (Å²) in [5, 5.41) is 0. The lowest BCUT2D eigenvalue weighted by Crippen LogP contribution is -3.22. The van der Waals surface area contributed by atoms with E-state index in [0.29, 0.717) is 31.3 Å². The highest BCUT2D eigenvalue weighted by molar-refractivity contribution is 6.03. The van der Waals surface area contributed by atoms with Gasteiger partial charge in [-0.25, -0.2) is 14.7 Å². The number of fused-ring (bicyclic) bond motifs is 1. The number of nitrogen functional groups attached to an aromatic ring is 1. The number of nitrogens with one attached hydrogen (secondary N) is 1. The number of aromatic nitrogens is 1. The van der Waals surface area contributed by atoms with Crippen LogP contribution in [0, 0.1) is 0 Å². The van der Waals surface area contributed by atoms with Crippen molar-refractivity contribution in [2.75, 3.05) is 18.9 Å². The van der Waals surface area contributed by atoms with Crippen LogP contribution in [-0.2, 0) is 9.53 Å². The molecule has 5 N–H and O–H groups in total. The van der Waals surface area contributed by atoms with E-state index in [4.69, 9.17) is 21.2 Å². The largest absolute Gasteiger partial charge is 0.384 e. The van der Waals surface area contributed by atoms with Gasteiger partial charge in [-0.1, -0.05) is 18.6 Å². The first kappa shape index (κ1) is 18.8. The fraction of sp³-hybridized carbons (Fsp3) is 0.476. The Labute approximate surface area is 165 Å². The second-order valence-electron chi connectivity index (χ2n) is 7.85. The van der Waals surface area contributed by atoms with Gasteiger partial charge < -0.3 is 16.2 Å². The maximum Gasteiger partial charge on any atom is 0.326 e. The molecule has 0 aromatic carbocycles. The van der Waals surface area contributed by atoms with Crippen molar-refractivity contribution in [1.82, 2.24) is 4.98 Å². The molecule has 28 heavy (non-hydrogen) atoms. The molecule has 3 unspecified atom stereocenters. The van der Waals surface area contributed by atoms with Gasteiger partial charge in [0.05, 0.1) is 13.2 Å². The van der Waals surface area contributed by atoms with Gasteiger partial charge in [0.15, 0.2) is 0 Å². The van der Waals surface area contributed by atoms with E-state index in [1.807, 2.05) is 6.07 Å². The number of hydrogen-bond donors (Lipinski definition) is 3. The number of hydrogen-bond acceptors (Lipinski definition) is 6. The third-order valence-electron chi connectivity index (χ3n) is 6.10. The lowest BCUT2D eigenvalue weighted by Gasteiger charge is -2.33. The molecule has 7 nitrogen and oxygen atoms in total. The van der Waals surface area contributed by atoms with Gasteiger partial charge in [-0.15, -0.1) is 0 Å². The maximum absolute atomic E-state index is 13.6. The minimum Gasteiger partial charge on any atom is -0.384 e. The van der Waals surface area contributed by atoms with Crippen molar-refractivity contribution < 1.29 is 14.4 Å². The number of carbonyl (C=O) groups is 1. The fourth-order valence-electron chi connectivity index (χ4n) is 4.44. The standard InChI is InChI=1S/C21H27N5O2/c1-3-13-8-12(2)16-9-17(14-4-5-18(22)24-10-14)21(27)26(15-6-7-28-11-15)20(16)25-19(13)23/h4-5,10,15,17H,3,6-9,11,23H2,1-2H3,(H2,22,24)/p+1. The second-order valence-corrected chi connectivity index (χ2v) is 7.85. The molecular weight excluding hydrogens is 354 g/mol. The Balaban J connectivity index is 1.82. The molecular formula is C21H28N5O2+. The van der Waals surface area contributed by atoms with Gasteiger partial charge in [0.1, 0.15) is 23.6 Å². The van der Waals surface area contributed by atoms with Crippen LogP contribution in [0.5, 0.6) is 0 Å². The van der Waals surface area contributed by atoms with Crippen molar-refractivity contribution in [2.45, 2.75) is 51.5 Å². The van der Waals surface area contributed by atoms with Crippen LogP contribution in [0.3, 0.4) is 0 Å². The number of aliphatic imine (C=N–C) groups is 1. The summed E-state index contributed by atoms with van der Waals surface area (Å²) in [6, 6.07) is 3.73. The predicted molar refractivity (Wildman–Crippen MR) is 107 cm³/mol. The third kappa shape index (κ3) is 3.25. The highest BCUT2D eigenvalue weighted by Gasteiger charge is 2.48. The SMILES string of the molecule is CCC1=C(N)N=C2C(=C(C)C1)CC(c1ccc(N)nc1)C(=O)[NH+]2C1CCOC1. The summed E-state index contributed by atoms with van der Waals surface area (Å²) < 4.78 is 5.61. The van der Waals surface area contributed by atoms with Gasteiger partial charge in [-0.2, -0.15) is 4.99 Å². The number of allylic oxidation sites excluding steroid dienone is 2. The maximum atomic E-state index is 13.6. The number of piperidine rings is 1. The fourth-order valence-corrected chi connectivity index (χ4v) is 4.44. The summed E-state index contributed by atoms with van der Waals surface area (Å²) in [5.74, 6) is 1.65. The van der Waals surface area contributed by atoms with Crippen LogP contribution < -0.4 is 16.4 Å². The average Bonchev–Trinajstić information content (AvgIpc) is 3.17. The summed E-state index contributed by atoms with van der Waals surface area (Å²) in [4.78, 5) is 23.4. The first-order valence-electron chi connectivity index (χ1n) is 9.95. The summed E-state index contributed by atoms with van der Waals surface area (Å²) in [6.45, 7) is 5.46. The van der Waals surface area contributed by atoms with Gasteiger partial charge in [-0.05, 0) is 43.4 Å². The molecule has 0 radical (unpaired) electrons. The Morgan fingerprint density at radius 3 is 2.79 bits per heavy atom. The molecule has 4 rings (SSSR count). The van der Waals surface area contributed by atoms with E-state index >= 15 is 0 Å². The van der Waals surface area contributed by atoms with E-state index in [0.717, 1.165) is 46.7 Å². The van der Waals surface area contributed by atoms with Crippen molar-refractivity contribution in [3.8, 4) is 0 Å². The Morgan fingerprint density at radius 1 is 1.32 bits per heavy atom. The molecule has 0 spiro atoms. The van der Waals surface area contributed by atoms with Crippen molar-refractivity contribution >= 4 is 17.6 Å². The predicted octanol–water partition coefficient (Wildman–Crippen LogP) is 1.05. The molecule has 2 saturated heterocycles. The lowest BCUT2D eigenvalue weighted by atomic mass is 9.83. The molecule has 3 aliphatic rings. The van der Waals surface area contributed by atoms with Crippen molar-refractivity contribution in [3.05, 3.63) is 46.4 Å². The number of nitrogens with two attached hydrogens (primary N) is 2. The molecule has 3 aliphatic heterocycles. The topological polar surface area (TPSA) is 108 Å². The molecule has 7 heteroatoms. The number of likely N-dealkylation sites (tertiary alicyclic amines) is 1. The van der Waals surface area contributed by atoms with Crippen molar-refractivity contribution in [1.29, 1.82) is 0 Å². The number of quaternary nitrogens is 1. The molecule has 0 aliphatic carbocycles. The molecule has 3 atom stereocenters. The van der Waals surface area contributed by atoms with Crippen LogP contribution in [-0.4, -0.2) is 36.0 Å². The van der Waals surface area contributed by atoms with E-state index in [1.54, 1.807) is 12.3 Å². The zero-order valence-corrected chi connectivity index (χ0v) is 16.5.